The fraction of sp³-hybridized carbons (Fsp3) is 0.429. The normalized spacial score (nSPS) is 11.2. The van der Waals surface area contributed by atoms with E-state index in [1.54, 1.807) is 32.0 Å². The molecule has 0 atom stereocenters. The molecule has 1 aromatic rings. The van der Waals surface area contributed by atoms with E-state index in [0.29, 0.717) is 22.0 Å². The molecule has 0 fully saturated rings. The van der Waals surface area contributed by atoms with Crippen molar-refractivity contribution < 1.29 is 14.7 Å². The lowest BCUT2D eigenvalue weighted by Crippen LogP contribution is -2.44. The molecule has 0 aromatic heterocycles. The molecule has 6 heteroatoms. The van der Waals surface area contributed by atoms with Gasteiger partial charge in [-0.2, -0.15) is 0 Å². The average Bonchev–Trinajstić information content (AvgIpc) is 2.30. The third-order valence-corrected chi connectivity index (χ3v) is 3.39. The van der Waals surface area contributed by atoms with Gasteiger partial charge in [-0.25, -0.2) is 0 Å². The number of carboxylic acids is 1. The summed E-state index contributed by atoms with van der Waals surface area (Å²) >= 11 is 11.8. The Bertz CT molecular complexity index is 515. The minimum atomic E-state index is -0.881. The van der Waals surface area contributed by atoms with E-state index in [9.17, 15) is 9.59 Å². The number of halogens is 2. The van der Waals surface area contributed by atoms with Gasteiger partial charge in [-0.15, -0.1) is 0 Å². The van der Waals surface area contributed by atoms with Crippen LogP contribution in [0.3, 0.4) is 0 Å². The van der Waals surface area contributed by atoms with Gasteiger partial charge in [-0.1, -0.05) is 29.3 Å². The predicted octanol–water partition coefficient (Wildman–Crippen LogP) is 3.30. The van der Waals surface area contributed by atoms with Gasteiger partial charge in [0.2, 0.25) is 5.91 Å². The zero-order valence-corrected chi connectivity index (χ0v) is 12.9. The minimum absolute atomic E-state index is 0.00891. The van der Waals surface area contributed by atoms with Crippen molar-refractivity contribution in [2.75, 3.05) is 0 Å². The summed E-state index contributed by atoms with van der Waals surface area (Å²) in [5, 5.41) is 12.4. The number of rotatable bonds is 6. The van der Waals surface area contributed by atoms with Crippen LogP contribution in [-0.4, -0.2) is 22.5 Å². The summed E-state index contributed by atoms with van der Waals surface area (Å²) in [6, 6.07) is 4.96. The fourth-order valence-electron chi connectivity index (χ4n) is 1.74. The van der Waals surface area contributed by atoms with Crippen molar-refractivity contribution in [3.05, 3.63) is 33.8 Å². The quantitative estimate of drug-likeness (QED) is 0.846. The second-order valence-electron chi connectivity index (χ2n) is 5.24. The molecule has 0 saturated carbocycles. The van der Waals surface area contributed by atoms with Gasteiger partial charge < -0.3 is 10.4 Å². The summed E-state index contributed by atoms with van der Waals surface area (Å²) in [6.45, 7) is 3.58. The van der Waals surface area contributed by atoms with Crippen LogP contribution in [0.2, 0.25) is 10.0 Å². The molecule has 1 amide bonds. The number of carbonyl (C=O) groups is 2. The van der Waals surface area contributed by atoms with Crippen molar-refractivity contribution in [2.45, 2.75) is 38.6 Å². The maximum Gasteiger partial charge on any atom is 0.303 e. The molecule has 0 unspecified atom stereocenters. The standard InChI is InChI=1S/C14H17Cl2NO3/c1-14(2,6-5-13(19)20)17-12(18)7-9-3-4-10(15)8-11(9)16/h3-4,8H,5-7H2,1-2H3,(H,17,18)(H,19,20). The number of amides is 1. The largest absolute Gasteiger partial charge is 0.481 e. The van der Waals surface area contributed by atoms with E-state index in [4.69, 9.17) is 28.3 Å². The first-order chi connectivity index (χ1) is 9.19. The molecule has 110 valence electrons. The Kier molecular flexibility index (Phi) is 5.84. The maximum atomic E-state index is 12.0. The van der Waals surface area contributed by atoms with E-state index >= 15 is 0 Å². The number of hydrogen-bond acceptors (Lipinski definition) is 2. The van der Waals surface area contributed by atoms with Gasteiger partial charge in [0.05, 0.1) is 6.42 Å². The Morgan fingerprint density at radius 3 is 2.50 bits per heavy atom. The third-order valence-electron chi connectivity index (χ3n) is 2.81. The number of hydrogen-bond donors (Lipinski definition) is 2. The number of benzene rings is 1. The highest BCUT2D eigenvalue weighted by molar-refractivity contribution is 6.35. The molecule has 1 aromatic carbocycles. The van der Waals surface area contributed by atoms with Crippen LogP contribution in [0.25, 0.3) is 0 Å². The Morgan fingerprint density at radius 1 is 1.30 bits per heavy atom. The summed E-state index contributed by atoms with van der Waals surface area (Å²) in [4.78, 5) is 22.5. The maximum absolute atomic E-state index is 12.0. The number of nitrogens with one attached hydrogen (secondary N) is 1. The SMILES string of the molecule is CC(C)(CCC(=O)O)NC(=O)Cc1ccc(Cl)cc1Cl. The lowest BCUT2D eigenvalue weighted by Gasteiger charge is -2.25. The molecule has 0 heterocycles. The van der Waals surface area contributed by atoms with Crippen molar-refractivity contribution in [1.29, 1.82) is 0 Å². The Labute approximate surface area is 128 Å². The van der Waals surface area contributed by atoms with Crippen molar-refractivity contribution in [2.24, 2.45) is 0 Å². The van der Waals surface area contributed by atoms with Crippen molar-refractivity contribution in [3.8, 4) is 0 Å². The topological polar surface area (TPSA) is 66.4 Å². The van der Waals surface area contributed by atoms with Crippen LogP contribution in [0.1, 0.15) is 32.3 Å². The zero-order valence-electron chi connectivity index (χ0n) is 11.4. The number of aliphatic carboxylic acids is 1. The monoisotopic (exact) mass is 317 g/mol. The molecule has 0 bridgehead atoms. The molecule has 20 heavy (non-hydrogen) atoms. The summed E-state index contributed by atoms with van der Waals surface area (Å²) in [7, 11) is 0. The first kappa shape index (κ1) is 16.8. The smallest absolute Gasteiger partial charge is 0.303 e. The van der Waals surface area contributed by atoms with Crippen molar-refractivity contribution in [3.63, 3.8) is 0 Å². The first-order valence-corrected chi connectivity index (χ1v) is 6.92. The summed E-state index contributed by atoms with van der Waals surface area (Å²) in [6.07, 6.45) is 0.504. The molecule has 2 N–H and O–H groups in total. The molecule has 0 saturated heterocycles. The van der Waals surface area contributed by atoms with E-state index in [1.807, 2.05) is 0 Å². The van der Waals surface area contributed by atoms with Gasteiger partial charge in [-0.05, 0) is 38.0 Å². The van der Waals surface area contributed by atoms with E-state index < -0.39 is 11.5 Å². The molecule has 0 aliphatic rings. The number of carbonyl (C=O) groups excluding carboxylic acids is 1. The molecule has 0 radical (unpaired) electrons. The third kappa shape index (κ3) is 5.80. The molecule has 0 aliphatic carbocycles. The highest BCUT2D eigenvalue weighted by Gasteiger charge is 2.21. The highest BCUT2D eigenvalue weighted by Crippen LogP contribution is 2.21. The van der Waals surface area contributed by atoms with E-state index in [0.717, 1.165) is 0 Å². The van der Waals surface area contributed by atoms with Gasteiger partial charge in [0.15, 0.2) is 0 Å². The van der Waals surface area contributed by atoms with Gasteiger partial charge in [0.1, 0.15) is 0 Å². The van der Waals surface area contributed by atoms with Crippen LogP contribution in [0.15, 0.2) is 18.2 Å². The van der Waals surface area contributed by atoms with E-state index in [1.165, 1.54) is 0 Å². The van der Waals surface area contributed by atoms with Gasteiger partial charge in [-0.3, -0.25) is 9.59 Å². The lowest BCUT2D eigenvalue weighted by molar-refractivity contribution is -0.137. The Morgan fingerprint density at radius 2 is 1.95 bits per heavy atom. The summed E-state index contributed by atoms with van der Waals surface area (Å²) < 4.78 is 0. The van der Waals surface area contributed by atoms with Crippen LogP contribution >= 0.6 is 23.2 Å². The van der Waals surface area contributed by atoms with E-state index in [-0.39, 0.29) is 18.7 Å². The molecule has 0 spiro atoms. The summed E-state index contributed by atoms with van der Waals surface area (Å²) in [5.41, 5.74) is 0.108. The molecule has 1 rings (SSSR count). The van der Waals surface area contributed by atoms with Crippen LogP contribution in [0, 0.1) is 0 Å². The van der Waals surface area contributed by atoms with Gasteiger partial charge in [0.25, 0.3) is 0 Å². The molecule has 4 nitrogen and oxygen atoms in total. The second kappa shape index (κ2) is 6.95. The molecular weight excluding hydrogens is 301 g/mol. The van der Waals surface area contributed by atoms with Gasteiger partial charge >= 0.3 is 5.97 Å². The van der Waals surface area contributed by atoms with E-state index in [2.05, 4.69) is 5.32 Å². The molecule has 0 aliphatic heterocycles. The zero-order chi connectivity index (χ0) is 15.3. The van der Waals surface area contributed by atoms with Crippen molar-refractivity contribution >= 4 is 35.1 Å². The first-order valence-electron chi connectivity index (χ1n) is 6.16. The molecular formula is C14H17Cl2NO3. The Balaban J connectivity index is 2.60. The van der Waals surface area contributed by atoms with Crippen molar-refractivity contribution in [1.82, 2.24) is 5.32 Å². The summed E-state index contributed by atoms with van der Waals surface area (Å²) in [5.74, 6) is -1.09. The highest BCUT2D eigenvalue weighted by atomic mass is 35.5. The van der Waals surface area contributed by atoms with Crippen LogP contribution in [-0.2, 0) is 16.0 Å². The fourth-order valence-corrected chi connectivity index (χ4v) is 2.22. The van der Waals surface area contributed by atoms with Gasteiger partial charge in [0, 0.05) is 22.0 Å². The lowest BCUT2D eigenvalue weighted by atomic mass is 9.98. The van der Waals surface area contributed by atoms with Crippen LogP contribution in [0.5, 0.6) is 0 Å². The minimum Gasteiger partial charge on any atom is -0.481 e. The predicted molar refractivity (Wildman–Crippen MR) is 79.3 cm³/mol. The second-order valence-corrected chi connectivity index (χ2v) is 6.08. The Hall–Kier alpha value is -1.26. The van der Waals surface area contributed by atoms with Crippen LogP contribution in [0.4, 0.5) is 0 Å². The number of carboxylic acid groups (broad SMARTS) is 1. The average molecular weight is 318 g/mol. The van der Waals surface area contributed by atoms with Crippen LogP contribution < -0.4 is 5.32 Å².